The van der Waals surface area contributed by atoms with Crippen LogP contribution >= 0.6 is 8.53 Å². The van der Waals surface area contributed by atoms with Gasteiger partial charge >= 0.3 is 0 Å². The van der Waals surface area contributed by atoms with Crippen molar-refractivity contribution in [3.05, 3.63) is 82.6 Å². The lowest BCUT2D eigenvalue weighted by atomic mass is 9.68. The van der Waals surface area contributed by atoms with Gasteiger partial charge in [0.2, 0.25) is 11.6 Å². The van der Waals surface area contributed by atoms with Gasteiger partial charge in [-0.25, -0.2) is 4.67 Å². The van der Waals surface area contributed by atoms with Gasteiger partial charge < -0.3 is 24.0 Å². The van der Waals surface area contributed by atoms with Gasteiger partial charge in [0, 0.05) is 71.2 Å². The number of hydrogen-bond donors (Lipinski definition) is 1. The molecule has 1 N–H and O–H groups in total. The topological polar surface area (TPSA) is 90.1 Å². The highest BCUT2D eigenvalue weighted by Crippen LogP contribution is 2.57. The maximum Gasteiger partial charge on any atom is 0.259 e. The average Bonchev–Trinajstić information content (AvgIpc) is 3.61. The van der Waals surface area contributed by atoms with Crippen LogP contribution in [0.4, 0.5) is 11.4 Å². The zero-order valence-corrected chi connectivity index (χ0v) is 39.6. The van der Waals surface area contributed by atoms with Crippen molar-refractivity contribution in [1.82, 2.24) is 9.99 Å². The van der Waals surface area contributed by atoms with Crippen molar-refractivity contribution in [1.29, 1.82) is 5.26 Å². The van der Waals surface area contributed by atoms with E-state index in [2.05, 4.69) is 142 Å². The maximum atomic E-state index is 12.9. The second-order valence-electron chi connectivity index (χ2n) is 20.0. The number of ether oxygens (including phenoxy) is 1. The number of nitriles is 1. The Labute approximate surface area is 368 Å². The summed E-state index contributed by atoms with van der Waals surface area (Å²) < 4.78 is 24.4. The number of amides is 1. The molecule has 0 radical (unpaired) electrons. The van der Waals surface area contributed by atoms with Gasteiger partial charge in [-0.15, -0.1) is 0 Å². The first-order valence-electron chi connectivity index (χ1n) is 23.4. The summed E-state index contributed by atoms with van der Waals surface area (Å²) in [4.78, 5) is 15.5. The van der Waals surface area contributed by atoms with Crippen LogP contribution in [0.5, 0.6) is 0 Å². The van der Waals surface area contributed by atoms with E-state index in [4.69, 9.17) is 19.0 Å². The van der Waals surface area contributed by atoms with Gasteiger partial charge in [0.1, 0.15) is 6.10 Å². The number of rotatable bonds is 20. The first kappa shape index (κ1) is 45.6. The minimum atomic E-state index is -1.19. The van der Waals surface area contributed by atoms with Crippen molar-refractivity contribution in [3.8, 4) is 6.07 Å². The van der Waals surface area contributed by atoms with Crippen LogP contribution in [-0.4, -0.2) is 78.0 Å². The molecule has 0 aromatic heterocycles. The molecule has 5 aliphatic heterocycles. The summed E-state index contributed by atoms with van der Waals surface area (Å²) in [5.41, 5.74) is 10.8. The molecular weight excluding hydrogens is 778 g/mol. The van der Waals surface area contributed by atoms with Gasteiger partial charge in [-0.05, 0) is 98.3 Å². The van der Waals surface area contributed by atoms with Crippen molar-refractivity contribution in [2.45, 2.75) is 168 Å². The fraction of sp³-hybridized carbons (Fsp3) is 0.627. The third kappa shape index (κ3) is 9.18. The number of carbonyl (C=O) groups is 1. The molecule has 4 atom stereocenters. The van der Waals surface area contributed by atoms with Gasteiger partial charge in [-0.3, -0.25) is 4.79 Å². The fourth-order valence-electron chi connectivity index (χ4n) is 11.1. The number of nitrogens with one attached hydrogen (secondary N) is 1. The normalized spacial score (nSPS) is 23.6. The van der Waals surface area contributed by atoms with E-state index in [-0.39, 0.29) is 34.4 Å². The number of fused-ring (bicyclic) bond motifs is 8. The molecule has 2 aromatic carbocycles. The lowest BCUT2D eigenvalue weighted by molar-refractivity contribution is -0.466. The Morgan fingerprint density at radius 1 is 0.934 bits per heavy atom. The number of anilines is 1. The summed E-state index contributed by atoms with van der Waals surface area (Å²) in [7, 11) is -1.19. The summed E-state index contributed by atoms with van der Waals surface area (Å²) in [5, 5.41) is 12.1. The van der Waals surface area contributed by atoms with Crippen LogP contribution in [0.2, 0.25) is 0 Å². The Morgan fingerprint density at radius 3 is 2.38 bits per heavy atom. The largest absolute Gasteiger partial charge is 0.364 e. The Bertz CT molecular complexity index is 2040. The summed E-state index contributed by atoms with van der Waals surface area (Å²) in [5.74, 6) is 0.161. The van der Waals surface area contributed by atoms with Crippen LogP contribution in [-0.2, 0) is 29.4 Å². The molecule has 2 aromatic rings. The van der Waals surface area contributed by atoms with Crippen LogP contribution in [0.1, 0.15) is 144 Å². The monoisotopic (exact) mass is 851 g/mol. The Balaban J connectivity index is 0.932. The van der Waals surface area contributed by atoms with Crippen molar-refractivity contribution < 1.29 is 23.2 Å². The lowest BCUT2D eigenvalue weighted by Crippen LogP contribution is -2.54. The van der Waals surface area contributed by atoms with Crippen LogP contribution in [0.15, 0.2) is 71.5 Å². The minimum absolute atomic E-state index is 0.0374. The van der Waals surface area contributed by atoms with Crippen molar-refractivity contribution >= 4 is 31.5 Å². The van der Waals surface area contributed by atoms with E-state index >= 15 is 0 Å². The second kappa shape index (κ2) is 19.2. The van der Waals surface area contributed by atoms with E-state index in [0.717, 1.165) is 77.4 Å². The molecule has 0 saturated heterocycles. The van der Waals surface area contributed by atoms with Crippen molar-refractivity contribution in [3.63, 3.8) is 0 Å². The number of unbranched alkanes of at least 4 members (excludes halogenated alkanes) is 5. The molecule has 7 rings (SSSR count). The second-order valence-corrected chi connectivity index (χ2v) is 21.4. The predicted octanol–water partition coefficient (Wildman–Crippen LogP) is 11.2. The average molecular weight is 851 g/mol. The molecule has 5 heterocycles. The summed E-state index contributed by atoms with van der Waals surface area (Å²) in [6.07, 6.45) is 12.7. The number of para-hydroxylation sites is 2. The van der Waals surface area contributed by atoms with E-state index < -0.39 is 8.53 Å². The molecule has 10 heteroatoms. The zero-order valence-electron chi connectivity index (χ0n) is 38.7. The lowest BCUT2D eigenvalue weighted by Gasteiger charge is -2.47. The van der Waals surface area contributed by atoms with Gasteiger partial charge in [0.25, 0.3) is 8.53 Å². The Morgan fingerprint density at radius 2 is 1.62 bits per heavy atom. The number of allylic oxidation sites excluding steroid dienone is 1. The van der Waals surface area contributed by atoms with E-state index in [9.17, 15) is 4.79 Å². The smallest absolute Gasteiger partial charge is 0.259 e. The van der Waals surface area contributed by atoms with E-state index in [1.807, 2.05) is 0 Å². The van der Waals surface area contributed by atoms with Gasteiger partial charge in [0.15, 0.2) is 12.3 Å². The molecule has 1 amide bonds. The SMILES string of the molecule is CC(C)N(C(C)C)P(OCCC#N)OCCCCCCNC(=O)CCCCCC1(C)C2=C3C=C4C5=[N+](CC(C)(C)C4OC3CCN2c2ccccc21)c1ccccc1C5(C)C. The summed E-state index contributed by atoms with van der Waals surface area (Å²) >= 11 is 0. The van der Waals surface area contributed by atoms with Crippen molar-refractivity contribution in [2.24, 2.45) is 5.41 Å². The summed E-state index contributed by atoms with van der Waals surface area (Å²) in [6.45, 7) is 24.3. The third-order valence-corrected chi connectivity index (χ3v) is 15.9. The molecule has 330 valence electrons. The highest BCUT2D eigenvalue weighted by Gasteiger charge is 2.59. The third-order valence-electron chi connectivity index (χ3n) is 13.8. The van der Waals surface area contributed by atoms with Crippen LogP contribution < -0.4 is 10.2 Å². The number of benzene rings is 2. The summed E-state index contributed by atoms with van der Waals surface area (Å²) in [6, 6.07) is 20.8. The van der Waals surface area contributed by atoms with Gasteiger partial charge in [-0.1, -0.05) is 75.9 Å². The molecular formula is C51H73N5O4P+. The Kier molecular flexibility index (Phi) is 14.3. The van der Waals surface area contributed by atoms with Crippen LogP contribution in [0.3, 0.4) is 0 Å². The molecule has 5 aliphatic rings. The van der Waals surface area contributed by atoms with Crippen LogP contribution in [0, 0.1) is 16.7 Å². The van der Waals surface area contributed by atoms with Gasteiger partial charge in [-0.2, -0.15) is 9.84 Å². The van der Waals surface area contributed by atoms with Crippen molar-refractivity contribution in [2.75, 3.05) is 37.7 Å². The van der Waals surface area contributed by atoms with E-state index in [1.54, 1.807) is 0 Å². The molecule has 0 aliphatic carbocycles. The van der Waals surface area contributed by atoms with E-state index in [0.29, 0.717) is 38.1 Å². The van der Waals surface area contributed by atoms with Crippen LogP contribution in [0.25, 0.3) is 0 Å². The molecule has 0 fully saturated rings. The number of hydrogen-bond acceptors (Lipinski definition) is 7. The quantitative estimate of drug-likeness (QED) is 0.0806. The Hall–Kier alpha value is -3.38. The minimum Gasteiger partial charge on any atom is -0.364 e. The number of carbonyl (C=O) groups excluding carboxylic acids is 1. The molecule has 0 bridgehead atoms. The highest BCUT2D eigenvalue weighted by atomic mass is 31.2. The molecule has 4 unspecified atom stereocenters. The standard InChI is InChI=1S/C51H72N5O4P/c1-36(2)56(37(3)4)61(59-33-21-29-52)58-32-20-11-10-19-30-53-45(57)26-13-12-18-28-51(9)41-23-15-17-25-43(41)54-31-27-44-38(47(51)54)34-39-46-50(7,8)40-22-14-16-24-42(40)55(46)35-49(5,6)48(39)60-44/h14-17,22-25,34,36-37,44,48H,10-13,18-21,26-28,30-33,35H2,1-9H3/p+1. The predicted molar refractivity (Wildman–Crippen MR) is 248 cm³/mol. The molecule has 61 heavy (non-hydrogen) atoms. The number of nitrogens with zero attached hydrogens (tertiary/aromatic N) is 4. The molecule has 9 nitrogen and oxygen atoms in total. The molecule has 0 saturated carbocycles. The molecule has 0 spiro atoms. The fourth-order valence-corrected chi connectivity index (χ4v) is 12.7. The zero-order chi connectivity index (χ0) is 43.5. The van der Waals surface area contributed by atoms with Gasteiger partial charge in [0.05, 0.1) is 42.6 Å². The first-order chi connectivity index (χ1) is 29.2. The maximum absolute atomic E-state index is 12.9. The van der Waals surface area contributed by atoms with E-state index in [1.165, 1.54) is 45.1 Å². The highest BCUT2D eigenvalue weighted by molar-refractivity contribution is 7.44. The first-order valence-corrected chi connectivity index (χ1v) is 24.5.